The first-order valence-electron chi connectivity index (χ1n) is 4.49. The molecule has 2 rings (SSSR count). The summed E-state index contributed by atoms with van der Waals surface area (Å²) in [6.07, 6.45) is 1.12. The maximum atomic E-state index is 11.3. The summed E-state index contributed by atoms with van der Waals surface area (Å²) < 4.78 is 22.7. The van der Waals surface area contributed by atoms with Crippen molar-refractivity contribution in [3.8, 4) is 11.3 Å². The maximum Gasteiger partial charge on any atom is 0.209 e. The molecule has 1 heterocycles. The van der Waals surface area contributed by atoms with Gasteiger partial charge < -0.3 is 0 Å². The van der Waals surface area contributed by atoms with Gasteiger partial charge >= 0.3 is 0 Å². The number of hydrogen-bond acceptors (Lipinski definition) is 4. The van der Waals surface area contributed by atoms with Crippen molar-refractivity contribution in [1.29, 1.82) is 0 Å². The van der Waals surface area contributed by atoms with Crippen molar-refractivity contribution in [2.75, 3.05) is 6.26 Å². The minimum absolute atomic E-state index is 0.0820. The third-order valence-corrected chi connectivity index (χ3v) is 5.11. The molecule has 0 unspecified atom stereocenters. The molecule has 0 spiro atoms. The molecule has 0 atom stereocenters. The molecule has 0 saturated heterocycles. The highest BCUT2D eigenvalue weighted by molar-refractivity contribution is 7.92. The lowest BCUT2D eigenvalue weighted by Crippen LogP contribution is -1.95. The highest BCUT2D eigenvalue weighted by Gasteiger charge is 2.15. The number of nitrogens with zero attached hydrogens (tertiary/aromatic N) is 1. The van der Waals surface area contributed by atoms with Gasteiger partial charge in [-0.1, -0.05) is 23.2 Å². The fourth-order valence-corrected chi connectivity index (χ4v) is 3.40. The lowest BCUT2D eigenvalue weighted by molar-refractivity contribution is 0.601. The van der Waals surface area contributed by atoms with Crippen molar-refractivity contribution in [3.05, 3.63) is 33.6 Å². The lowest BCUT2D eigenvalue weighted by atomic mass is 10.2. The van der Waals surface area contributed by atoms with E-state index in [1.165, 1.54) is 0 Å². The molecule has 1 aromatic carbocycles. The van der Waals surface area contributed by atoms with Gasteiger partial charge in [0.1, 0.15) is 0 Å². The van der Waals surface area contributed by atoms with E-state index in [-0.39, 0.29) is 4.34 Å². The summed E-state index contributed by atoms with van der Waals surface area (Å²) in [4.78, 5) is 4.05. The Labute approximate surface area is 113 Å². The molecule has 0 aliphatic carbocycles. The van der Waals surface area contributed by atoms with E-state index in [4.69, 9.17) is 23.2 Å². The Morgan fingerprint density at radius 3 is 2.53 bits per heavy atom. The zero-order chi connectivity index (χ0) is 12.6. The highest BCUT2D eigenvalue weighted by atomic mass is 35.5. The zero-order valence-electron chi connectivity index (χ0n) is 8.65. The zero-order valence-corrected chi connectivity index (χ0v) is 11.8. The molecule has 0 radical (unpaired) electrons. The van der Waals surface area contributed by atoms with Crippen LogP contribution in [0.2, 0.25) is 10.0 Å². The third-order valence-electron chi connectivity index (χ3n) is 2.01. The van der Waals surface area contributed by atoms with Gasteiger partial charge in [-0.25, -0.2) is 13.4 Å². The minimum Gasteiger partial charge on any atom is -0.225 e. The average Bonchev–Trinajstić information content (AvgIpc) is 2.65. The van der Waals surface area contributed by atoms with Gasteiger partial charge in [0, 0.05) is 22.2 Å². The van der Waals surface area contributed by atoms with E-state index in [9.17, 15) is 8.42 Å². The monoisotopic (exact) mass is 307 g/mol. The SMILES string of the molecule is CS(=O)(=O)c1nc(-c2ccc(Cl)cc2Cl)cs1. The molecule has 0 fully saturated rings. The number of hydrogen-bond donors (Lipinski definition) is 0. The van der Waals surface area contributed by atoms with Crippen LogP contribution in [0.25, 0.3) is 11.3 Å². The van der Waals surface area contributed by atoms with Crippen molar-refractivity contribution in [2.24, 2.45) is 0 Å². The summed E-state index contributed by atoms with van der Waals surface area (Å²) in [6.45, 7) is 0. The quantitative estimate of drug-likeness (QED) is 0.853. The van der Waals surface area contributed by atoms with Crippen molar-refractivity contribution < 1.29 is 8.42 Å². The summed E-state index contributed by atoms with van der Waals surface area (Å²) >= 11 is 12.9. The Balaban J connectivity index is 2.51. The Morgan fingerprint density at radius 1 is 1.29 bits per heavy atom. The smallest absolute Gasteiger partial charge is 0.209 e. The van der Waals surface area contributed by atoms with Crippen molar-refractivity contribution in [3.63, 3.8) is 0 Å². The number of benzene rings is 1. The van der Waals surface area contributed by atoms with E-state index in [1.54, 1.807) is 23.6 Å². The second kappa shape index (κ2) is 4.57. The summed E-state index contributed by atoms with van der Waals surface area (Å²) in [5, 5.41) is 2.63. The molecular formula is C10H7Cl2NO2S2. The van der Waals surface area contributed by atoms with E-state index in [0.717, 1.165) is 17.6 Å². The molecule has 90 valence electrons. The molecule has 2 aromatic rings. The first-order valence-corrected chi connectivity index (χ1v) is 8.01. The molecule has 0 aliphatic heterocycles. The number of sulfone groups is 1. The van der Waals surface area contributed by atoms with Gasteiger partial charge in [-0.15, -0.1) is 11.3 Å². The molecule has 17 heavy (non-hydrogen) atoms. The van der Waals surface area contributed by atoms with Gasteiger partial charge in [0.05, 0.1) is 10.7 Å². The van der Waals surface area contributed by atoms with Crippen molar-refractivity contribution in [1.82, 2.24) is 4.98 Å². The Morgan fingerprint density at radius 2 is 2.00 bits per heavy atom. The molecule has 0 amide bonds. The number of halogens is 2. The van der Waals surface area contributed by atoms with E-state index in [0.29, 0.717) is 21.3 Å². The Hall–Kier alpha value is -0.620. The standard InChI is InChI=1S/C10H7Cl2NO2S2/c1-17(14,15)10-13-9(5-16-10)7-3-2-6(11)4-8(7)12/h2-5H,1H3. The van der Waals surface area contributed by atoms with E-state index < -0.39 is 9.84 Å². The predicted molar refractivity (Wildman–Crippen MR) is 70.7 cm³/mol. The fraction of sp³-hybridized carbons (Fsp3) is 0.100. The maximum absolute atomic E-state index is 11.3. The molecule has 0 N–H and O–H groups in total. The summed E-state index contributed by atoms with van der Waals surface area (Å²) in [5.74, 6) is 0. The van der Waals surface area contributed by atoms with Crippen LogP contribution in [-0.2, 0) is 9.84 Å². The third kappa shape index (κ3) is 2.80. The van der Waals surface area contributed by atoms with E-state index >= 15 is 0 Å². The van der Waals surface area contributed by atoms with E-state index in [1.807, 2.05) is 0 Å². The Kier molecular flexibility index (Phi) is 3.45. The predicted octanol–water partition coefficient (Wildman–Crippen LogP) is 3.52. The van der Waals surface area contributed by atoms with Crippen LogP contribution >= 0.6 is 34.5 Å². The largest absolute Gasteiger partial charge is 0.225 e. The van der Waals surface area contributed by atoms with Crippen LogP contribution in [0.15, 0.2) is 27.9 Å². The van der Waals surface area contributed by atoms with Gasteiger partial charge in [0.25, 0.3) is 0 Å². The van der Waals surface area contributed by atoms with Crippen LogP contribution in [0.5, 0.6) is 0 Å². The van der Waals surface area contributed by atoms with E-state index in [2.05, 4.69) is 4.98 Å². The topological polar surface area (TPSA) is 47.0 Å². The average molecular weight is 308 g/mol. The fourth-order valence-electron chi connectivity index (χ4n) is 1.25. The summed E-state index contributed by atoms with van der Waals surface area (Å²) in [7, 11) is -3.27. The van der Waals surface area contributed by atoms with Crippen LogP contribution < -0.4 is 0 Å². The van der Waals surface area contributed by atoms with Gasteiger partial charge in [0.2, 0.25) is 14.2 Å². The molecule has 1 aromatic heterocycles. The van der Waals surface area contributed by atoms with Crippen molar-refractivity contribution >= 4 is 44.4 Å². The van der Waals surface area contributed by atoms with Crippen LogP contribution in [0.4, 0.5) is 0 Å². The van der Waals surface area contributed by atoms with Gasteiger partial charge in [-0.05, 0) is 18.2 Å². The summed E-state index contributed by atoms with van der Waals surface area (Å²) in [6, 6.07) is 4.99. The first kappa shape index (κ1) is 12.8. The highest BCUT2D eigenvalue weighted by Crippen LogP contribution is 2.31. The molecule has 7 heteroatoms. The van der Waals surface area contributed by atoms with Crippen LogP contribution in [0, 0.1) is 0 Å². The normalized spacial score (nSPS) is 11.7. The van der Waals surface area contributed by atoms with Gasteiger partial charge in [-0.3, -0.25) is 0 Å². The number of thiazole rings is 1. The van der Waals surface area contributed by atoms with Crippen LogP contribution in [0.3, 0.4) is 0 Å². The molecule has 3 nitrogen and oxygen atoms in total. The lowest BCUT2D eigenvalue weighted by Gasteiger charge is -2.00. The van der Waals surface area contributed by atoms with Gasteiger partial charge in [0.15, 0.2) is 0 Å². The Bertz CT molecular complexity index is 665. The number of rotatable bonds is 2. The summed E-state index contributed by atoms with van der Waals surface area (Å²) in [5.41, 5.74) is 1.21. The minimum atomic E-state index is -3.27. The molecule has 0 aliphatic rings. The second-order valence-corrected chi connectivity index (χ2v) is 7.29. The molecule has 0 saturated carbocycles. The van der Waals surface area contributed by atoms with Gasteiger partial charge in [-0.2, -0.15) is 0 Å². The molecule has 0 bridgehead atoms. The van der Waals surface area contributed by atoms with Crippen molar-refractivity contribution in [2.45, 2.75) is 4.34 Å². The van der Waals surface area contributed by atoms with Crippen LogP contribution in [0.1, 0.15) is 0 Å². The second-order valence-electron chi connectivity index (χ2n) is 3.39. The molecular weight excluding hydrogens is 301 g/mol. The van der Waals surface area contributed by atoms with Crippen LogP contribution in [-0.4, -0.2) is 19.7 Å². The first-order chi connectivity index (χ1) is 7.88. The number of aromatic nitrogens is 1.